The monoisotopic (exact) mass is 453 g/mol. The quantitative estimate of drug-likeness (QED) is 0.504. The minimum Gasteiger partial charge on any atom is -0.454 e. The Bertz CT molecular complexity index is 1150. The number of amides is 2. The van der Waals surface area contributed by atoms with Crippen molar-refractivity contribution in [2.45, 2.75) is 32.0 Å². The van der Waals surface area contributed by atoms with Crippen molar-refractivity contribution in [2.75, 3.05) is 23.2 Å². The van der Waals surface area contributed by atoms with E-state index in [0.717, 1.165) is 11.3 Å². The number of benzene rings is 2. The minimum absolute atomic E-state index is 0.0964. The van der Waals surface area contributed by atoms with Crippen LogP contribution < -0.4 is 20.1 Å². The van der Waals surface area contributed by atoms with Crippen LogP contribution in [0.1, 0.15) is 18.3 Å². The lowest BCUT2D eigenvalue weighted by Gasteiger charge is -2.10. The van der Waals surface area contributed by atoms with Gasteiger partial charge in [-0.2, -0.15) is 0 Å². The Labute approximate surface area is 189 Å². The first-order valence-corrected chi connectivity index (χ1v) is 11.1. The first kappa shape index (κ1) is 21.7. The van der Waals surface area contributed by atoms with Crippen molar-refractivity contribution in [2.24, 2.45) is 0 Å². The smallest absolute Gasteiger partial charge is 0.234 e. The zero-order chi connectivity index (χ0) is 22.5. The average molecular weight is 454 g/mol. The first-order chi connectivity index (χ1) is 15.5. The summed E-state index contributed by atoms with van der Waals surface area (Å²) < 4.78 is 12.4. The number of anilines is 2. The lowest BCUT2D eigenvalue weighted by atomic mass is 10.2. The van der Waals surface area contributed by atoms with Gasteiger partial charge in [0.15, 0.2) is 16.7 Å². The third-order valence-corrected chi connectivity index (χ3v) is 5.80. The number of para-hydroxylation sites is 1. The van der Waals surface area contributed by atoms with E-state index in [2.05, 4.69) is 20.8 Å². The molecule has 1 aliphatic heterocycles. The van der Waals surface area contributed by atoms with Gasteiger partial charge in [-0.1, -0.05) is 30.0 Å². The van der Waals surface area contributed by atoms with Gasteiger partial charge >= 0.3 is 0 Å². The van der Waals surface area contributed by atoms with Crippen LogP contribution in [0.25, 0.3) is 0 Å². The first-order valence-electron chi connectivity index (χ1n) is 10.1. The number of carbonyl (C=O) groups excluding carboxylic acids is 2. The van der Waals surface area contributed by atoms with Gasteiger partial charge in [-0.3, -0.25) is 9.59 Å². The maximum absolute atomic E-state index is 12.5. The summed E-state index contributed by atoms with van der Waals surface area (Å²) in [5.74, 6) is 1.62. The zero-order valence-corrected chi connectivity index (χ0v) is 18.6. The molecule has 0 spiro atoms. The molecule has 2 N–H and O–H groups in total. The molecule has 0 aliphatic carbocycles. The highest BCUT2D eigenvalue weighted by molar-refractivity contribution is 7.99. The predicted molar refractivity (Wildman–Crippen MR) is 121 cm³/mol. The standard InChI is InChI=1S/C22H23N5O4S/c1-3-27-19(11-20(28)24-16-7-5-4-6-14(16)2)25-26-22(27)32-12-21(29)23-15-8-9-17-18(10-15)31-13-30-17/h4-10H,3,11-13H2,1-2H3,(H,23,29)(H,24,28). The van der Waals surface area contributed by atoms with Crippen molar-refractivity contribution < 1.29 is 19.1 Å². The molecule has 2 aromatic carbocycles. The maximum Gasteiger partial charge on any atom is 0.234 e. The van der Waals surface area contributed by atoms with Gasteiger partial charge in [0.25, 0.3) is 0 Å². The molecule has 166 valence electrons. The number of rotatable bonds is 8. The third kappa shape index (κ3) is 5.02. The molecule has 2 heterocycles. The van der Waals surface area contributed by atoms with Gasteiger partial charge in [0.05, 0.1) is 12.2 Å². The third-order valence-electron chi connectivity index (χ3n) is 4.84. The van der Waals surface area contributed by atoms with E-state index in [1.54, 1.807) is 18.2 Å². The predicted octanol–water partition coefficient (Wildman–Crippen LogP) is 3.25. The molecular weight excluding hydrogens is 430 g/mol. The van der Waals surface area contributed by atoms with Crippen molar-refractivity contribution in [3.8, 4) is 11.5 Å². The Balaban J connectivity index is 1.34. The Morgan fingerprint density at radius 1 is 1.06 bits per heavy atom. The minimum atomic E-state index is -0.182. The number of nitrogens with zero attached hydrogens (tertiary/aromatic N) is 3. The van der Waals surface area contributed by atoms with Crippen molar-refractivity contribution >= 4 is 35.0 Å². The van der Waals surface area contributed by atoms with Gasteiger partial charge in [0.2, 0.25) is 18.6 Å². The molecule has 1 aromatic heterocycles. The van der Waals surface area contributed by atoms with E-state index in [0.29, 0.717) is 34.7 Å². The highest BCUT2D eigenvalue weighted by atomic mass is 32.2. The average Bonchev–Trinajstić information content (AvgIpc) is 3.40. The van der Waals surface area contributed by atoms with E-state index in [4.69, 9.17) is 9.47 Å². The van der Waals surface area contributed by atoms with E-state index >= 15 is 0 Å². The van der Waals surface area contributed by atoms with Gasteiger partial charge < -0.3 is 24.7 Å². The van der Waals surface area contributed by atoms with Gasteiger partial charge in [-0.15, -0.1) is 10.2 Å². The maximum atomic E-state index is 12.5. The number of carbonyl (C=O) groups is 2. The van der Waals surface area contributed by atoms with Crippen LogP contribution in [0.15, 0.2) is 47.6 Å². The Hall–Kier alpha value is -3.53. The molecular formula is C22H23N5O4S. The van der Waals surface area contributed by atoms with E-state index in [1.165, 1.54) is 11.8 Å². The molecule has 32 heavy (non-hydrogen) atoms. The van der Waals surface area contributed by atoms with E-state index in [9.17, 15) is 9.59 Å². The van der Waals surface area contributed by atoms with Crippen LogP contribution in [-0.2, 0) is 22.6 Å². The molecule has 1 aliphatic rings. The number of hydrogen-bond donors (Lipinski definition) is 2. The Morgan fingerprint density at radius 2 is 1.88 bits per heavy atom. The fraction of sp³-hybridized carbons (Fsp3) is 0.273. The molecule has 3 aromatic rings. The topological polar surface area (TPSA) is 107 Å². The van der Waals surface area contributed by atoms with Crippen LogP contribution in [0.3, 0.4) is 0 Å². The number of fused-ring (bicyclic) bond motifs is 1. The molecule has 2 amide bonds. The van der Waals surface area contributed by atoms with Crippen LogP contribution in [0.5, 0.6) is 11.5 Å². The number of aryl methyl sites for hydroxylation is 1. The molecule has 0 saturated carbocycles. The van der Waals surface area contributed by atoms with Crippen LogP contribution >= 0.6 is 11.8 Å². The number of thioether (sulfide) groups is 1. The Morgan fingerprint density at radius 3 is 2.69 bits per heavy atom. The highest BCUT2D eigenvalue weighted by Gasteiger charge is 2.17. The molecule has 4 rings (SSSR count). The van der Waals surface area contributed by atoms with Crippen molar-refractivity contribution in [1.29, 1.82) is 0 Å². The molecule has 0 atom stereocenters. The second-order valence-electron chi connectivity index (χ2n) is 7.09. The molecule has 10 heteroatoms. The van der Waals surface area contributed by atoms with Gasteiger partial charge in [-0.05, 0) is 37.6 Å². The van der Waals surface area contributed by atoms with Crippen molar-refractivity contribution in [3.63, 3.8) is 0 Å². The second kappa shape index (κ2) is 9.73. The summed E-state index contributed by atoms with van der Waals surface area (Å²) in [4.78, 5) is 24.9. The van der Waals surface area contributed by atoms with Crippen LogP contribution in [0, 0.1) is 6.92 Å². The summed E-state index contributed by atoms with van der Waals surface area (Å²) in [5.41, 5.74) is 2.39. The summed E-state index contributed by atoms with van der Waals surface area (Å²) in [6.45, 7) is 4.66. The van der Waals surface area contributed by atoms with Gasteiger partial charge in [-0.25, -0.2) is 0 Å². The second-order valence-corrected chi connectivity index (χ2v) is 8.03. The number of hydrogen-bond acceptors (Lipinski definition) is 7. The molecule has 0 unspecified atom stereocenters. The summed E-state index contributed by atoms with van der Waals surface area (Å²) in [6.07, 6.45) is 0.0964. The molecule has 0 bridgehead atoms. The van der Waals surface area contributed by atoms with E-state index in [1.807, 2.05) is 42.7 Å². The molecule has 9 nitrogen and oxygen atoms in total. The number of ether oxygens (including phenoxy) is 2. The summed E-state index contributed by atoms with van der Waals surface area (Å²) in [7, 11) is 0. The van der Waals surface area contributed by atoms with Gasteiger partial charge in [0, 0.05) is 24.0 Å². The van der Waals surface area contributed by atoms with Crippen LogP contribution in [-0.4, -0.2) is 39.1 Å². The molecule has 0 fully saturated rings. The SMILES string of the molecule is CCn1c(CC(=O)Nc2ccccc2C)nnc1SCC(=O)Nc1ccc2c(c1)OCO2. The van der Waals surface area contributed by atoms with Crippen LogP contribution in [0.2, 0.25) is 0 Å². The Kier molecular flexibility index (Phi) is 6.60. The summed E-state index contributed by atoms with van der Waals surface area (Å²) in [6, 6.07) is 12.8. The summed E-state index contributed by atoms with van der Waals surface area (Å²) >= 11 is 1.27. The zero-order valence-electron chi connectivity index (χ0n) is 17.8. The normalized spacial score (nSPS) is 11.9. The van der Waals surface area contributed by atoms with Gasteiger partial charge in [0.1, 0.15) is 5.82 Å². The highest BCUT2D eigenvalue weighted by Crippen LogP contribution is 2.34. The fourth-order valence-corrected chi connectivity index (χ4v) is 4.05. The van der Waals surface area contributed by atoms with Crippen LogP contribution in [0.4, 0.5) is 11.4 Å². The summed E-state index contributed by atoms with van der Waals surface area (Å²) in [5, 5.41) is 14.7. The largest absolute Gasteiger partial charge is 0.454 e. The van der Waals surface area contributed by atoms with Crippen molar-refractivity contribution in [3.05, 3.63) is 53.9 Å². The van der Waals surface area contributed by atoms with E-state index in [-0.39, 0.29) is 30.8 Å². The fourth-order valence-electron chi connectivity index (χ4n) is 3.23. The molecule has 0 saturated heterocycles. The molecule has 0 radical (unpaired) electrons. The lowest BCUT2D eigenvalue weighted by molar-refractivity contribution is -0.116. The lowest BCUT2D eigenvalue weighted by Crippen LogP contribution is -2.18. The van der Waals surface area contributed by atoms with E-state index < -0.39 is 0 Å². The van der Waals surface area contributed by atoms with Crippen molar-refractivity contribution in [1.82, 2.24) is 14.8 Å². The number of nitrogens with one attached hydrogen (secondary N) is 2. The number of aromatic nitrogens is 3.